The van der Waals surface area contributed by atoms with E-state index in [4.69, 9.17) is 11.6 Å². The van der Waals surface area contributed by atoms with E-state index in [1.165, 1.54) is 32.9 Å². The van der Waals surface area contributed by atoms with Crippen LogP contribution >= 0.6 is 11.6 Å². The van der Waals surface area contributed by atoms with Crippen LogP contribution in [-0.2, 0) is 0 Å². The van der Waals surface area contributed by atoms with E-state index in [-0.39, 0.29) is 0 Å². The molecular formula is C18H12ClN. The number of aromatic nitrogens is 1. The number of rotatable bonds is 1. The molecule has 0 aliphatic heterocycles. The lowest BCUT2D eigenvalue weighted by atomic mass is 10.0. The van der Waals surface area contributed by atoms with Crippen molar-refractivity contribution in [2.75, 3.05) is 0 Å². The Hall–Kier alpha value is -2.25. The fraction of sp³-hybridized carbons (Fsp3) is 0. The summed E-state index contributed by atoms with van der Waals surface area (Å²) in [5, 5.41) is 3.29. The lowest BCUT2D eigenvalue weighted by molar-refractivity contribution is 1.54. The largest absolute Gasteiger partial charge is 0.355 e. The summed E-state index contributed by atoms with van der Waals surface area (Å²) in [7, 11) is 0. The lowest BCUT2D eigenvalue weighted by Crippen LogP contribution is -1.77. The molecule has 0 atom stereocenters. The summed E-state index contributed by atoms with van der Waals surface area (Å²) in [6.45, 7) is 0. The molecule has 2 heteroatoms. The van der Waals surface area contributed by atoms with Gasteiger partial charge in [-0.25, -0.2) is 0 Å². The first kappa shape index (κ1) is 11.6. The quantitative estimate of drug-likeness (QED) is 0.463. The Morgan fingerprint density at radius 1 is 0.650 bits per heavy atom. The minimum atomic E-state index is 0.766. The first-order chi connectivity index (χ1) is 9.81. The summed E-state index contributed by atoms with van der Waals surface area (Å²) < 4.78 is 0. The van der Waals surface area contributed by atoms with E-state index < -0.39 is 0 Å². The molecule has 0 radical (unpaired) electrons. The maximum atomic E-state index is 5.95. The van der Waals surface area contributed by atoms with Crippen molar-refractivity contribution < 1.29 is 0 Å². The highest BCUT2D eigenvalue weighted by Gasteiger charge is 2.05. The molecule has 20 heavy (non-hydrogen) atoms. The van der Waals surface area contributed by atoms with Crippen molar-refractivity contribution in [2.24, 2.45) is 0 Å². The van der Waals surface area contributed by atoms with Crippen molar-refractivity contribution in [1.29, 1.82) is 0 Å². The molecule has 3 aromatic carbocycles. The molecule has 1 aromatic heterocycles. The molecule has 0 bridgehead atoms. The number of H-pyrrole nitrogens is 1. The number of hydrogen-bond donors (Lipinski definition) is 1. The Morgan fingerprint density at radius 3 is 2.20 bits per heavy atom. The van der Waals surface area contributed by atoms with Crippen LogP contribution < -0.4 is 0 Å². The number of para-hydroxylation sites is 1. The third-order valence-corrected chi connectivity index (χ3v) is 3.94. The molecule has 1 N–H and O–H groups in total. The SMILES string of the molecule is Clc1ccc(-c2ccc3[nH]c4ccccc4c3c2)cc1. The molecular weight excluding hydrogens is 266 g/mol. The average Bonchev–Trinajstić information content (AvgIpc) is 2.86. The van der Waals surface area contributed by atoms with E-state index in [0.29, 0.717) is 0 Å². The summed E-state index contributed by atoms with van der Waals surface area (Å²) >= 11 is 5.95. The molecule has 4 aromatic rings. The highest BCUT2D eigenvalue weighted by Crippen LogP contribution is 2.30. The van der Waals surface area contributed by atoms with Crippen LogP contribution in [-0.4, -0.2) is 4.98 Å². The zero-order valence-corrected chi connectivity index (χ0v) is 11.5. The van der Waals surface area contributed by atoms with Gasteiger partial charge in [-0.05, 0) is 41.5 Å². The summed E-state index contributed by atoms with van der Waals surface area (Å²) in [6, 6.07) is 22.9. The van der Waals surface area contributed by atoms with Crippen LogP contribution in [0.4, 0.5) is 0 Å². The molecule has 0 spiro atoms. The van der Waals surface area contributed by atoms with E-state index >= 15 is 0 Å². The van der Waals surface area contributed by atoms with Gasteiger partial charge in [-0.3, -0.25) is 0 Å². The van der Waals surface area contributed by atoms with Crippen molar-refractivity contribution >= 4 is 33.4 Å². The van der Waals surface area contributed by atoms with Gasteiger partial charge in [-0.15, -0.1) is 0 Å². The Kier molecular flexibility index (Phi) is 2.54. The van der Waals surface area contributed by atoms with Gasteiger partial charge >= 0.3 is 0 Å². The number of halogens is 1. The molecule has 0 unspecified atom stereocenters. The van der Waals surface area contributed by atoms with E-state index in [1.54, 1.807) is 0 Å². The number of hydrogen-bond acceptors (Lipinski definition) is 0. The number of nitrogens with one attached hydrogen (secondary N) is 1. The van der Waals surface area contributed by atoms with Gasteiger partial charge in [0.05, 0.1) is 0 Å². The van der Waals surface area contributed by atoms with Gasteiger partial charge in [0.15, 0.2) is 0 Å². The average molecular weight is 278 g/mol. The van der Waals surface area contributed by atoms with Crippen molar-refractivity contribution in [1.82, 2.24) is 4.98 Å². The number of benzene rings is 3. The monoisotopic (exact) mass is 277 g/mol. The zero-order chi connectivity index (χ0) is 13.5. The van der Waals surface area contributed by atoms with Crippen molar-refractivity contribution in [3.05, 3.63) is 71.8 Å². The molecule has 1 nitrogen and oxygen atoms in total. The number of aromatic amines is 1. The van der Waals surface area contributed by atoms with E-state index in [1.807, 2.05) is 12.1 Å². The predicted octanol–water partition coefficient (Wildman–Crippen LogP) is 5.64. The van der Waals surface area contributed by atoms with Crippen molar-refractivity contribution in [3.63, 3.8) is 0 Å². The van der Waals surface area contributed by atoms with E-state index in [9.17, 15) is 0 Å². The summed E-state index contributed by atoms with van der Waals surface area (Å²) in [4.78, 5) is 3.44. The first-order valence-electron chi connectivity index (χ1n) is 6.58. The second kappa shape index (κ2) is 4.39. The van der Waals surface area contributed by atoms with Crippen LogP contribution in [0.15, 0.2) is 66.7 Å². The standard InChI is InChI=1S/C18H12ClN/c19-14-8-5-12(6-9-14)13-7-10-18-16(11-13)15-3-1-2-4-17(15)20-18/h1-11,20H. The van der Waals surface area contributed by atoms with E-state index in [0.717, 1.165) is 5.02 Å². The molecule has 0 aliphatic carbocycles. The van der Waals surface area contributed by atoms with E-state index in [2.05, 4.69) is 59.6 Å². The zero-order valence-electron chi connectivity index (χ0n) is 10.7. The van der Waals surface area contributed by atoms with Crippen LogP contribution in [0.2, 0.25) is 5.02 Å². The second-order valence-corrected chi connectivity index (χ2v) is 5.37. The summed E-state index contributed by atoms with van der Waals surface area (Å²) in [6.07, 6.45) is 0. The smallest absolute Gasteiger partial charge is 0.0465 e. The molecule has 0 amide bonds. The third kappa shape index (κ3) is 1.79. The summed E-state index contributed by atoms with van der Waals surface area (Å²) in [5.74, 6) is 0. The maximum absolute atomic E-state index is 5.95. The van der Waals surface area contributed by atoms with Crippen LogP contribution in [0.1, 0.15) is 0 Å². The van der Waals surface area contributed by atoms with Crippen molar-refractivity contribution in [2.45, 2.75) is 0 Å². The third-order valence-electron chi connectivity index (χ3n) is 3.68. The fourth-order valence-corrected chi connectivity index (χ4v) is 2.80. The Morgan fingerprint density at radius 2 is 1.35 bits per heavy atom. The molecule has 0 saturated carbocycles. The lowest BCUT2D eigenvalue weighted by Gasteiger charge is -2.02. The highest BCUT2D eigenvalue weighted by atomic mass is 35.5. The summed E-state index contributed by atoms with van der Waals surface area (Å²) in [5.41, 5.74) is 4.74. The predicted molar refractivity (Wildman–Crippen MR) is 86.3 cm³/mol. The topological polar surface area (TPSA) is 15.8 Å². The van der Waals surface area contributed by atoms with Gasteiger partial charge in [0.1, 0.15) is 0 Å². The molecule has 0 fully saturated rings. The second-order valence-electron chi connectivity index (χ2n) is 4.94. The molecule has 4 rings (SSSR count). The van der Waals surface area contributed by atoms with Gasteiger partial charge in [-0.2, -0.15) is 0 Å². The first-order valence-corrected chi connectivity index (χ1v) is 6.95. The molecule has 0 saturated heterocycles. The minimum Gasteiger partial charge on any atom is -0.355 e. The molecule has 0 aliphatic rings. The van der Waals surface area contributed by atoms with Crippen LogP contribution in [0.25, 0.3) is 32.9 Å². The minimum absolute atomic E-state index is 0.766. The molecule has 96 valence electrons. The fourth-order valence-electron chi connectivity index (χ4n) is 2.67. The van der Waals surface area contributed by atoms with Crippen molar-refractivity contribution in [3.8, 4) is 11.1 Å². The number of fused-ring (bicyclic) bond motifs is 3. The Bertz CT molecular complexity index is 904. The Balaban J connectivity index is 1.97. The van der Waals surface area contributed by atoms with Gasteiger partial charge in [0, 0.05) is 26.8 Å². The van der Waals surface area contributed by atoms with Gasteiger partial charge in [0.25, 0.3) is 0 Å². The molecule has 1 heterocycles. The van der Waals surface area contributed by atoms with Gasteiger partial charge in [-0.1, -0.05) is 48.0 Å². The van der Waals surface area contributed by atoms with Crippen LogP contribution in [0.3, 0.4) is 0 Å². The van der Waals surface area contributed by atoms with Gasteiger partial charge < -0.3 is 4.98 Å². The van der Waals surface area contributed by atoms with Crippen LogP contribution in [0.5, 0.6) is 0 Å². The Labute approximate surface area is 121 Å². The maximum Gasteiger partial charge on any atom is 0.0465 e. The van der Waals surface area contributed by atoms with Gasteiger partial charge in [0.2, 0.25) is 0 Å². The highest BCUT2D eigenvalue weighted by molar-refractivity contribution is 6.30. The van der Waals surface area contributed by atoms with Crippen LogP contribution in [0, 0.1) is 0 Å². The normalized spacial score (nSPS) is 11.2.